The van der Waals surface area contributed by atoms with Crippen molar-refractivity contribution in [3.63, 3.8) is 0 Å². The standard InChI is InChI=1S/C63H125N3O3/c1-5-9-13-17-21-25-35-43-54-65(55-44-36-26-22-18-14-10-6-2)62(68)50-39-31-29-33-41-52-64(59-60-48-47-49-61(67)58-60)53-42-34-30-32-40-51-63(69)66(56-45-37-27-23-19-15-11-7-3)57-46-38-28-24-20-16-12-8-4/h60-61,67H,5-59H2,1-4H3. The van der Waals surface area contributed by atoms with Crippen LogP contribution in [0.1, 0.15) is 336 Å². The first-order valence-corrected chi connectivity index (χ1v) is 31.9. The number of carbonyl (C=O) groups excluding carboxylic acids is 2. The van der Waals surface area contributed by atoms with Crippen LogP contribution in [0.3, 0.4) is 0 Å². The molecule has 1 rings (SSSR count). The largest absolute Gasteiger partial charge is 0.393 e. The first-order chi connectivity index (χ1) is 33.9. The maximum Gasteiger partial charge on any atom is 0.222 e. The Hall–Kier alpha value is -1.14. The van der Waals surface area contributed by atoms with E-state index in [1.54, 1.807) is 0 Å². The molecular formula is C63H125N3O3. The Labute approximate surface area is 433 Å². The molecule has 0 aromatic rings. The minimum Gasteiger partial charge on any atom is -0.393 e. The maximum atomic E-state index is 13.5. The van der Waals surface area contributed by atoms with Gasteiger partial charge in [0.25, 0.3) is 0 Å². The van der Waals surface area contributed by atoms with Crippen molar-refractivity contribution in [3.8, 4) is 0 Å². The van der Waals surface area contributed by atoms with Crippen LogP contribution in [0.4, 0.5) is 0 Å². The molecule has 1 fully saturated rings. The number of aliphatic hydroxyl groups excluding tert-OH is 1. The Morgan fingerprint density at radius 1 is 0.348 bits per heavy atom. The van der Waals surface area contributed by atoms with Crippen LogP contribution in [0, 0.1) is 5.92 Å². The molecule has 69 heavy (non-hydrogen) atoms. The van der Waals surface area contributed by atoms with Gasteiger partial charge in [0.05, 0.1) is 6.10 Å². The lowest BCUT2D eigenvalue weighted by Gasteiger charge is -2.31. The number of nitrogens with zero attached hydrogens (tertiary/aromatic N) is 3. The molecule has 2 unspecified atom stereocenters. The van der Waals surface area contributed by atoms with Gasteiger partial charge in [-0.2, -0.15) is 0 Å². The molecule has 2 amide bonds. The van der Waals surface area contributed by atoms with Crippen LogP contribution in [-0.4, -0.2) is 83.5 Å². The summed E-state index contributed by atoms with van der Waals surface area (Å²) in [5.74, 6) is 1.46. The van der Waals surface area contributed by atoms with E-state index in [1.165, 1.54) is 283 Å². The van der Waals surface area contributed by atoms with Crippen molar-refractivity contribution >= 4 is 11.8 Å². The van der Waals surface area contributed by atoms with E-state index in [0.717, 1.165) is 71.2 Å². The molecule has 0 aromatic heterocycles. The predicted octanol–water partition coefficient (Wildman–Crippen LogP) is 18.7. The van der Waals surface area contributed by atoms with Crippen molar-refractivity contribution in [2.75, 3.05) is 45.8 Å². The van der Waals surface area contributed by atoms with Crippen molar-refractivity contribution < 1.29 is 14.7 Å². The van der Waals surface area contributed by atoms with Gasteiger partial charge in [-0.1, -0.05) is 252 Å². The molecule has 0 radical (unpaired) electrons. The number of aliphatic hydroxyl groups is 1. The van der Waals surface area contributed by atoms with Gasteiger partial charge in [0, 0.05) is 45.6 Å². The zero-order valence-corrected chi connectivity index (χ0v) is 47.7. The molecule has 0 heterocycles. The second-order valence-corrected chi connectivity index (χ2v) is 22.7. The van der Waals surface area contributed by atoms with Crippen LogP contribution in [0.5, 0.6) is 0 Å². The van der Waals surface area contributed by atoms with Gasteiger partial charge in [-0.3, -0.25) is 9.59 Å². The lowest BCUT2D eigenvalue weighted by molar-refractivity contribution is -0.132. The lowest BCUT2D eigenvalue weighted by atomic mass is 9.87. The zero-order chi connectivity index (χ0) is 49.9. The number of carbonyl (C=O) groups is 2. The summed E-state index contributed by atoms with van der Waals surface area (Å²) in [5, 5.41) is 10.4. The van der Waals surface area contributed by atoms with Gasteiger partial charge in [0.2, 0.25) is 11.8 Å². The fraction of sp³-hybridized carbons (Fsp3) is 0.968. The monoisotopic (exact) mass is 972 g/mol. The van der Waals surface area contributed by atoms with E-state index in [-0.39, 0.29) is 6.10 Å². The van der Waals surface area contributed by atoms with Crippen molar-refractivity contribution in [1.29, 1.82) is 0 Å². The Morgan fingerprint density at radius 3 is 0.899 bits per heavy atom. The Balaban J connectivity index is 2.47. The lowest BCUT2D eigenvalue weighted by Crippen LogP contribution is -2.34. The normalized spacial score (nSPS) is 15.1. The summed E-state index contributed by atoms with van der Waals surface area (Å²) in [5.41, 5.74) is 0. The van der Waals surface area contributed by atoms with E-state index in [2.05, 4.69) is 42.4 Å². The zero-order valence-electron chi connectivity index (χ0n) is 47.7. The number of unbranched alkanes of at least 4 members (excludes halogenated alkanes) is 36. The van der Waals surface area contributed by atoms with Crippen LogP contribution in [-0.2, 0) is 9.59 Å². The van der Waals surface area contributed by atoms with E-state index in [1.807, 2.05) is 0 Å². The topological polar surface area (TPSA) is 64.1 Å². The Bertz CT molecular complexity index is 960. The summed E-state index contributed by atoms with van der Waals surface area (Å²) >= 11 is 0. The van der Waals surface area contributed by atoms with E-state index < -0.39 is 0 Å². The summed E-state index contributed by atoms with van der Waals surface area (Å²) in [6.07, 6.45) is 59.9. The fourth-order valence-electron chi connectivity index (χ4n) is 11.2. The molecule has 410 valence electrons. The van der Waals surface area contributed by atoms with Gasteiger partial charge in [-0.25, -0.2) is 0 Å². The quantitative estimate of drug-likeness (QED) is 0.0617. The van der Waals surface area contributed by atoms with E-state index in [0.29, 0.717) is 17.7 Å². The molecule has 0 aromatic carbocycles. The number of hydrogen-bond acceptors (Lipinski definition) is 4. The molecule has 2 atom stereocenters. The summed E-state index contributed by atoms with van der Waals surface area (Å²) in [6.45, 7) is 16.5. The third-order valence-electron chi connectivity index (χ3n) is 15.8. The van der Waals surface area contributed by atoms with Crippen molar-refractivity contribution in [2.45, 2.75) is 342 Å². The third kappa shape index (κ3) is 43.0. The van der Waals surface area contributed by atoms with Gasteiger partial charge < -0.3 is 19.8 Å². The Kier molecular flexibility index (Phi) is 49.4. The SMILES string of the molecule is CCCCCCCCCCN(CCCCCCCCCC)C(=O)CCCCCCCN(CCCCCCCC(=O)N(CCCCCCCCCC)CCCCCCCCCC)CC1CCCC(O)C1. The van der Waals surface area contributed by atoms with Crippen LogP contribution in [0.25, 0.3) is 0 Å². The minimum absolute atomic E-state index is 0.107. The molecule has 6 nitrogen and oxygen atoms in total. The first kappa shape index (κ1) is 65.9. The first-order valence-electron chi connectivity index (χ1n) is 31.9. The molecule has 1 N–H and O–H groups in total. The molecule has 6 heteroatoms. The summed E-state index contributed by atoms with van der Waals surface area (Å²) in [6, 6.07) is 0. The van der Waals surface area contributed by atoms with Crippen molar-refractivity contribution in [1.82, 2.24) is 14.7 Å². The van der Waals surface area contributed by atoms with Gasteiger partial charge in [-0.15, -0.1) is 0 Å². The van der Waals surface area contributed by atoms with E-state index in [4.69, 9.17) is 0 Å². The number of rotatable bonds is 54. The second kappa shape index (κ2) is 51.7. The highest BCUT2D eigenvalue weighted by Gasteiger charge is 2.22. The van der Waals surface area contributed by atoms with Gasteiger partial charge in [0.1, 0.15) is 0 Å². The number of amides is 2. The van der Waals surface area contributed by atoms with Crippen LogP contribution >= 0.6 is 0 Å². The highest BCUT2D eigenvalue weighted by Crippen LogP contribution is 2.26. The minimum atomic E-state index is -0.107. The summed E-state index contributed by atoms with van der Waals surface area (Å²) in [4.78, 5) is 34.2. The molecule has 0 bridgehead atoms. The average Bonchev–Trinajstić information content (AvgIpc) is 3.34. The summed E-state index contributed by atoms with van der Waals surface area (Å²) in [7, 11) is 0. The molecule has 0 spiro atoms. The average molecular weight is 973 g/mol. The van der Waals surface area contributed by atoms with E-state index in [9.17, 15) is 14.7 Å². The second-order valence-electron chi connectivity index (χ2n) is 22.7. The highest BCUT2D eigenvalue weighted by molar-refractivity contribution is 5.76. The van der Waals surface area contributed by atoms with Gasteiger partial charge in [0.15, 0.2) is 0 Å². The molecule has 0 aliphatic heterocycles. The number of hydrogen-bond donors (Lipinski definition) is 1. The maximum absolute atomic E-state index is 13.5. The predicted molar refractivity (Wildman–Crippen MR) is 303 cm³/mol. The molecule has 0 saturated heterocycles. The molecule has 1 saturated carbocycles. The van der Waals surface area contributed by atoms with Gasteiger partial charge in [-0.05, 0) is 89.6 Å². The van der Waals surface area contributed by atoms with Crippen LogP contribution in [0.15, 0.2) is 0 Å². The molecule has 1 aliphatic rings. The molecule has 1 aliphatic carbocycles. The van der Waals surface area contributed by atoms with Crippen molar-refractivity contribution in [3.05, 3.63) is 0 Å². The fourth-order valence-corrected chi connectivity index (χ4v) is 11.2. The Morgan fingerprint density at radius 2 is 0.609 bits per heavy atom. The summed E-state index contributed by atoms with van der Waals surface area (Å²) < 4.78 is 0. The third-order valence-corrected chi connectivity index (χ3v) is 15.8. The molecular weight excluding hydrogens is 847 g/mol. The highest BCUT2D eigenvalue weighted by atomic mass is 16.3. The van der Waals surface area contributed by atoms with E-state index >= 15 is 0 Å². The smallest absolute Gasteiger partial charge is 0.222 e. The van der Waals surface area contributed by atoms with Gasteiger partial charge >= 0.3 is 0 Å². The van der Waals surface area contributed by atoms with Crippen LogP contribution in [0.2, 0.25) is 0 Å². The van der Waals surface area contributed by atoms with Crippen LogP contribution < -0.4 is 0 Å². The van der Waals surface area contributed by atoms with Crippen molar-refractivity contribution in [2.24, 2.45) is 5.92 Å².